The van der Waals surface area contributed by atoms with Gasteiger partial charge in [-0.2, -0.15) is 5.10 Å². The van der Waals surface area contributed by atoms with Crippen LogP contribution in [0.2, 0.25) is 0 Å². The van der Waals surface area contributed by atoms with Gasteiger partial charge in [-0.05, 0) is 24.5 Å². The van der Waals surface area contributed by atoms with Crippen LogP contribution >= 0.6 is 0 Å². The second-order valence-electron chi connectivity index (χ2n) is 4.40. The van der Waals surface area contributed by atoms with E-state index >= 15 is 0 Å². The topological polar surface area (TPSA) is 34.9 Å². The molecule has 1 heterocycles. The third-order valence-corrected chi connectivity index (χ3v) is 3.41. The van der Waals surface area contributed by atoms with Gasteiger partial charge < -0.3 is 0 Å². The van der Waals surface area contributed by atoms with Crippen molar-refractivity contribution in [3.63, 3.8) is 0 Å². The third-order valence-electron chi connectivity index (χ3n) is 3.41. The summed E-state index contributed by atoms with van der Waals surface area (Å²) in [5.41, 5.74) is 3.21. The maximum atomic E-state index is 12.3. The van der Waals surface area contributed by atoms with Crippen molar-refractivity contribution in [2.24, 2.45) is 0 Å². The van der Waals surface area contributed by atoms with Crippen LogP contribution in [0.5, 0.6) is 0 Å². The second kappa shape index (κ2) is 3.84. The normalized spacial score (nSPS) is 17.4. The quantitative estimate of drug-likeness (QED) is 0.753. The summed E-state index contributed by atoms with van der Waals surface area (Å²) in [6, 6.07) is 8.16. The molecule has 0 fully saturated rings. The Balaban J connectivity index is 1.86. The van der Waals surface area contributed by atoms with E-state index in [-0.39, 0.29) is 11.7 Å². The van der Waals surface area contributed by atoms with Crippen LogP contribution < -0.4 is 0 Å². The van der Waals surface area contributed by atoms with Gasteiger partial charge in [0.15, 0.2) is 5.78 Å². The molecular formula is C14H14N2O. The number of Topliss-reactive ketones (excluding diaryl/α,β-unsaturated/α-hetero) is 1. The predicted molar refractivity (Wildman–Crippen MR) is 65.1 cm³/mol. The molecule has 1 unspecified atom stereocenters. The van der Waals surface area contributed by atoms with Crippen molar-refractivity contribution in [3.05, 3.63) is 53.3 Å². The lowest BCUT2D eigenvalue weighted by Gasteiger charge is -2.28. The van der Waals surface area contributed by atoms with Gasteiger partial charge in [0.25, 0.3) is 0 Å². The summed E-state index contributed by atoms with van der Waals surface area (Å²) in [6.07, 6.45) is 4.38. The minimum Gasteiger partial charge on any atom is -0.293 e. The lowest BCUT2D eigenvalue weighted by Crippen LogP contribution is -2.24. The standard InChI is InChI=1S/C14H14N2O/c1-2-16-9-11(8-15-16)14(17)13-7-10-5-3-4-6-12(10)13/h3-6,8-9,13H,2,7H2,1H3. The van der Waals surface area contributed by atoms with E-state index in [2.05, 4.69) is 11.2 Å². The summed E-state index contributed by atoms with van der Waals surface area (Å²) in [7, 11) is 0. The van der Waals surface area contributed by atoms with E-state index in [0.717, 1.165) is 18.5 Å². The monoisotopic (exact) mass is 226 g/mol. The lowest BCUT2D eigenvalue weighted by molar-refractivity contribution is 0.0949. The Labute approximate surface area is 100 Å². The Morgan fingerprint density at radius 3 is 3.00 bits per heavy atom. The van der Waals surface area contributed by atoms with Crippen molar-refractivity contribution < 1.29 is 4.79 Å². The summed E-state index contributed by atoms with van der Waals surface area (Å²) in [4.78, 5) is 12.3. The van der Waals surface area contributed by atoms with Gasteiger partial charge in [0.2, 0.25) is 0 Å². The van der Waals surface area contributed by atoms with E-state index in [1.165, 1.54) is 11.1 Å². The lowest BCUT2D eigenvalue weighted by atomic mass is 9.74. The summed E-state index contributed by atoms with van der Waals surface area (Å²) in [5.74, 6) is 0.240. The van der Waals surface area contributed by atoms with E-state index in [1.807, 2.05) is 31.3 Å². The number of fused-ring (bicyclic) bond motifs is 1. The average molecular weight is 226 g/mol. The number of aromatic nitrogens is 2. The molecule has 1 aliphatic rings. The van der Waals surface area contributed by atoms with Crippen molar-refractivity contribution in [2.45, 2.75) is 25.8 Å². The number of benzene rings is 1. The average Bonchev–Trinajstić information content (AvgIpc) is 2.79. The zero-order valence-corrected chi connectivity index (χ0v) is 9.76. The third kappa shape index (κ3) is 1.58. The zero-order valence-electron chi connectivity index (χ0n) is 9.76. The van der Waals surface area contributed by atoms with Crippen molar-refractivity contribution in [3.8, 4) is 0 Å². The van der Waals surface area contributed by atoms with Gasteiger partial charge in [-0.1, -0.05) is 24.3 Å². The van der Waals surface area contributed by atoms with Crippen LogP contribution in [0.15, 0.2) is 36.7 Å². The van der Waals surface area contributed by atoms with Crippen molar-refractivity contribution in [1.29, 1.82) is 0 Å². The Morgan fingerprint density at radius 1 is 1.47 bits per heavy atom. The first kappa shape index (κ1) is 10.3. The van der Waals surface area contributed by atoms with Gasteiger partial charge in [0, 0.05) is 12.7 Å². The highest BCUT2D eigenvalue weighted by atomic mass is 16.1. The van der Waals surface area contributed by atoms with Crippen LogP contribution in [-0.4, -0.2) is 15.6 Å². The Bertz CT molecular complexity index is 571. The molecule has 0 bridgehead atoms. The number of rotatable bonds is 3. The summed E-state index contributed by atoms with van der Waals surface area (Å²) >= 11 is 0. The van der Waals surface area contributed by atoms with E-state index in [1.54, 1.807) is 10.9 Å². The van der Waals surface area contributed by atoms with Crippen LogP contribution in [0.4, 0.5) is 0 Å². The molecule has 0 amide bonds. The predicted octanol–water partition coefficient (Wildman–Crippen LogP) is 2.43. The van der Waals surface area contributed by atoms with E-state index in [4.69, 9.17) is 0 Å². The van der Waals surface area contributed by atoms with Crippen LogP contribution in [0.1, 0.15) is 34.3 Å². The Kier molecular flexibility index (Phi) is 2.32. The van der Waals surface area contributed by atoms with Crippen LogP contribution in [0, 0.1) is 0 Å². The van der Waals surface area contributed by atoms with Gasteiger partial charge in [0.1, 0.15) is 0 Å². The minimum absolute atomic E-state index is 0.0423. The number of aryl methyl sites for hydroxylation is 1. The van der Waals surface area contributed by atoms with Crippen molar-refractivity contribution in [1.82, 2.24) is 9.78 Å². The first-order valence-corrected chi connectivity index (χ1v) is 5.94. The second-order valence-corrected chi connectivity index (χ2v) is 4.40. The molecule has 1 atom stereocenters. The molecule has 0 radical (unpaired) electrons. The Morgan fingerprint density at radius 2 is 2.29 bits per heavy atom. The molecule has 0 saturated heterocycles. The van der Waals surface area contributed by atoms with E-state index in [0.29, 0.717) is 0 Å². The molecule has 86 valence electrons. The molecule has 3 heteroatoms. The number of nitrogens with zero attached hydrogens (tertiary/aromatic N) is 2. The maximum absolute atomic E-state index is 12.3. The number of ketones is 1. The molecule has 17 heavy (non-hydrogen) atoms. The molecule has 1 aliphatic carbocycles. The molecule has 2 aromatic rings. The number of hydrogen-bond acceptors (Lipinski definition) is 2. The fraction of sp³-hybridized carbons (Fsp3) is 0.286. The molecular weight excluding hydrogens is 212 g/mol. The van der Waals surface area contributed by atoms with Gasteiger partial charge in [-0.15, -0.1) is 0 Å². The highest BCUT2D eigenvalue weighted by Crippen LogP contribution is 2.36. The number of hydrogen-bond donors (Lipinski definition) is 0. The smallest absolute Gasteiger partial charge is 0.173 e. The fourth-order valence-electron chi connectivity index (χ4n) is 2.36. The molecule has 0 N–H and O–H groups in total. The van der Waals surface area contributed by atoms with E-state index in [9.17, 15) is 4.79 Å². The molecule has 1 aromatic carbocycles. The first-order valence-electron chi connectivity index (χ1n) is 5.94. The maximum Gasteiger partial charge on any atom is 0.173 e. The number of carbonyl (C=O) groups excluding carboxylic acids is 1. The summed E-state index contributed by atoms with van der Waals surface area (Å²) in [6.45, 7) is 2.81. The van der Waals surface area contributed by atoms with Gasteiger partial charge in [-0.3, -0.25) is 9.48 Å². The van der Waals surface area contributed by atoms with Gasteiger partial charge in [0.05, 0.1) is 17.7 Å². The molecule has 3 nitrogen and oxygen atoms in total. The molecule has 0 aliphatic heterocycles. The van der Waals surface area contributed by atoms with E-state index < -0.39 is 0 Å². The number of carbonyl (C=O) groups is 1. The van der Waals surface area contributed by atoms with Gasteiger partial charge in [-0.25, -0.2) is 0 Å². The molecule has 0 saturated carbocycles. The molecule has 0 spiro atoms. The van der Waals surface area contributed by atoms with Crippen molar-refractivity contribution >= 4 is 5.78 Å². The first-order chi connectivity index (χ1) is 8.29. The fourth-order valence-corrected chi connectivity index (χ4v) is 2.36. The largest absolute Gasteiger partial charge is 0.293 e. The minimum atomic E-state index is 0.0423. The van der Waals surface area contributed by atoms with Crippen LogP contribution in [-0.2, 0) is 13.0 Å². The SMILES string of the molecule is CCn1cc(C(=O)C2Cc3ccccc32)cn1. The molecule has 1 aromatic heterocycles. The van der Waals surface area contributed by atoms with Gasteiger partial charge >= 0.3 is 0 Å². The summed E-state index contributed by atoms with van der Waals surface area (Å²) in [5, 5.41) is 4.15. The van der Waals surface area contributed by atoms with Crippen molar-refractivity contribution in [2.75, 3.05) is 0 Å². The van der Waals surface area contributed by atoms with Crippen LogP contribution in [0.25, 0.3) is 0 Å². The molecule has 3 rings (SSSR count). The summed E-state index contributed by atoms with van der Waals surface area (Å²) < 4.78 is 1.79. The Hall–Kier alpha value is -1.90. The zero-order chi connectivity index (χ0) is 11.8. The highest BCUT2D eigenvalue weighted by molar-refractivity contribution is 6.02. The van der Waals surface area contributed by atoms with Crippen LogP contribution in [0.3, 0.4) is 0 Å². The highest BCUT2D eigenvalue weighted by Gasteiger charge is 2.32.